The Morgan fingerprint density at radius 3 is 2.41 bits per heavy atom. The number of amides is 2. The van der Waals surface area contributed by atoms with E-state index < -0.39 is 12.1 Å². The van der Waals surface area contributed by atoms with Gasteiger partial charge in [0.2, 0.25) is 0 Å². The van der Waals surface area contributed by atoms with Crippen LogP contribution in [0, 0.1) is 5.82 Å². The van der Waals surface area contributed by atoms with E-state index in [1.54, 1.807) is 24.3 Å². The molecular formula is C21H19FN2O3. The van der Waals surface area contributed by atoms with Gasteiger partial charge in [-0.1, -0.05) is 36.4 Å². The van der Waals surface area contributed by atoms with Crippen LogP contribution in [0.1, 0.15) is 11.7 Å². The Kier molecular flexibility index (Phi) is 6.02. The maximum atomic E-state index is 12.9. The molecule has 0 aliphatic rings. The maximum Gasteiger partial charge on any atom is 0.319 e. The van der Waals surface area contributed by atoms with Gasteiger partial charge in [-0.05, 0) is 42.0 Å². The third kappa shape index (κ3) is 5.55. The molecule has 1 unspecified atom stereocenters. The van der Waals surface area contributed by atoms with E-state index in [0.717, 1.165) is 0 Å². The molecule has 0 aliphatic carbocycles. The van der Waals surface area contributed by atoms with E-state index in [4.69, 9.17) is 4.74 Å². The molecule has 3 aromatic rings. The van der Waals surface area contributed by atoms with Crippen molar-refractivity contribution in [2.45, 2.75) is 6.10 Å². The van der Waals surface area contributed by atoms with Gasteiger partial charge in [-0.2, -0.15) is 0 Å². The van der Waals surface area contributed by atoms with Gasteiger partial charge in [0.15, 0.2) is 0 Å². The van der Waals surface area contributed by atoms with Crippen LogP contribution in [0.15, 0.2) is 78.9 Å². The molecule has 0 saturated heterocycles. The van der Waals surface area contributed by atoms with Gasteiger partial charge in [0.05, 0.1) is 6.10 Å². The summed E-state index contributed by atoms with van der Waals surface area (Å²) < 4.78 is 18.6. The van der Waals surface area contributed by atoms with Crippen molar-refractivity contribution < 1.29 is 19.0 Å². The van der Waals surface area contributed by atoms with Crippen molar-refractivity contribution in [2.75, 3.05) is 11.9 Å². The first-order valence-electron chi connectivity index (χ1n) is 8.41. The first-order chi connectivity index (χ1) is 13.1. The number of carbonyl (C=O) groups is 1. The standard InChI is InChI=1S/C21H19FN2O3/c22-16-11-9-15(10-12-16)20(25)14-23-21(26)24-17-5-4-8-19(13-17)27-18-6-2-1-3-7-18/h1-13,20,25H,14H2,(H2,23,24,26). The summed E-state index contributed by atoms with van der Waals surface area (Å²) in [5.74, 6) is 0.904. The predicted octanol–water partition coefficient (Wildman–Crippen LogP) is 4.47. The van der Waals surface area contributed by atoms with E-state index in [1.165, 1.54) is 24.3 Å². The molecule has 0 aromatic heterocycles. The summed E-state index contributed by atoms with van der Waals surface area (Å²) in [6, 6.07) is 21.3. The first-order valence-corrected chi connectivity index (χ1v) is 8.41. The third-order valence-corrected chi connectivity index (χ3v) is 3.78. The Labute approximate surface area is 156 Å². The zero-order valence-corrected chi connectivity index (χ0v) is 14.4. The number of hydrogen-bond acceptors (Lipinski definition) is 3. The summed E-state index contributed by atoms with van der Waals surface area (Å²) in [5.41, 5.74) is 1.08. The van der Waals surface area contributed by atoms with Crippen LogP contribution < -0.4 is 15.4 Å². The molecule has 0 bridgehead atoms. The second kappa shape index (κ2) is 8.82. The molecule has 5 nitrogen and oxygen atoms in total. The Hall–Kier alpha value is -3.38. The average Bonchev–Trinajstić information content (AvgIpc) is 2.68. The van der Waals surface area contributed by atoms with E-state index in [9.17, 15) is 14.3 Å². The van der Waals surface area contributed by atoms with Crippen LogP contribution in [0.3, 0.4) is 0 Å². The Morgan fingerprint density at radius 2 is 1.67 bits per heavy atom. The van der Waals surface area contributed by atoms with Crippen LogP contribution in [0.2, 0.25) is 0 Å². The largest absolute Gasteiger partial charge is 0.457 e. The van der Waals surface area contributed by atoms with Crippen molar-refractivity contribution in [3.05, 3.63) is 90.2 Å². The van der Waals surface area contributed by atoms with Gasteiger partial charge < -0.3 is 20.5 Å². The Bertz CT molecular complexity index is 885. The minimum Gasteiger partial charge on any atom is -0.457 e. The Balaban J connectivity index is 1.53. The number of rotatable bonds is 6. The lowest BCUT2D eigenvalue weighted by molar-refractivity contribution is 0.175. The summed E-state index contributed by atoms with van der Waals surface area (Å²) in [7, 11) is 0. The van der Waals surface area contributed by atoms with Crippen molar-refractivity contribution in [3.63, 3.8) is 0 Å². The van der Waals surface area contributed by atoms with E-state index in [0.29, 0.717) is 22.7 Å². The normalized spacial score (nSPS) is 11.5. The lowest BCUT2D eigenvalue weighted by Crippen LogP contribution is -2.32. The summed E-state index contributed by atoms with van der Waals surface area (Å²) in [6.07, 6.45) is -0.927. The number of ether oxygens (including phenoxy) is 1. The van der Waals surface area contributed by atoms with E-state index in [2.05, 4.69) is 10.6 Å². The molecule has 6 heteroatoms. The van der Waals surface area contributed by atoms with Gasteiger partial charge >= 0.3 is 6.03 Å². The van der Waals surface area contributed by atoms with Crippen LogP contribution in [0.25, 0.3) is 0 Å². The fraction of sp³-hybridized carbons (Fsp3) is 0.0952. The van der Waals surface area contributed by atoms with Crippen molar-refractivity contribution in [1.29, 1.82) is 0 Å². The van der Waals surface area contributed by atoms with E-state index in [-0.39, 0.29) is 12.4 Å². The van der Waals surface area contributed by atoms with Crippen LogP contribution >= 0.6 is 0 Å². The molecule has 1 atom stereocenters. The number of anilines is 1. The molecule has 27 heavy (non-hydrogen) atoms. The number of aliphatic hydroxyl groups is 1. The van der Waals surface area contributed by atoms with Gasteiger partial charge in [-0.3, -0.25) is 0 Å². The van der Waals surface area contributed by atoms with Gasteiger partial charge in [0.25, 0.3) is 0 Å². The van der Waals surface area contributed by atoms with E-state index in [1.807, 2.05) is 30.3 Å². The highest BCUT2D eigenvalue weighted by atomic mass is 19.1. The molecule has 0 spiro atoms. The maximum absolute atomic E-state index is 12.9. The van der Waals surface area contributed by atoms with Crippen molar-refractivity contribution in [1.82, 2.24) is 5.32 Å². The third-order valence-electron chi connectivity index (χ3n) is 3.78. The minimum atomic E-state index is -0.927. The predicted molar refractivity (Wildman–Crippen MR) is 101 cm³/mol. The lowest BCUT2D eigenvalue weighted by atomic mass is 10.1. The van der Waals surface area contributed by atoms with Gasteiger partial charge in [-0.25, -0.2) is 9.18 Å². The van der Waals surface area contributed by atoms with Crippen molar-refractivity contribution in [3.8, 4) is 11.5 Å². The molecule has 0 radical (unpaired) electrons. The Morgan fingerprint density at radius 1 is 0.963 bits per heavy atom. The smallest absolute Gasteiger partial charge is 0.319 e. The number of halogens is 1. The molecule has 0 saturated carbocycles. The number of carbonyl (C=O) groups excluding carboxylic acids is 1. The molecule has 2 amide bonds. The molecule has 0 fully saturated rings. The second-order valence-electron chi connectivity index (χ2n) is 5.85. The number of nitrogens with one attached hydrogen (secondary N) is 2. The fourth-order valence-electron chi connectivity index (χ4n) is 2.43. The topological polar surface area (TPSA) is 70.6 Å². The summed E-state index contributed by atoms with van der Waals surface area (Å²) >= 11 is 0. The van der Waals surface area contributed by atoms with Gasteiger partial charge in [0.1, 0.15) is 17.3 Å². The molecule has 0 aliphatic heterocycles. The number of hydrogen-bond donors (Lipinski definition) is 3. The van der Waals surface area contributed by atoms with Crippen LogP contribution in [0.5, 0.6) is 11.5 Å². The lowest BCUT2D eigenvalue weighted by Gasteiger charge is -2.13. The molecule has 0 heterocycles. The average molecular weight is 366 g/mol. The molecule has 3 aromatic carbocycles. The summed E-state index contributed by atoms with van der Waals surface area (Å²) in [5, 5.41) is 15.3. The fourth-order valence-corrected chi connectivity index (χ4v) is 2.43. The SMILES string of the molecule is O=C(NCC(O)c1ccc(F)cc1)Nc1cccc(Oc2ccccc2)c1. The van der Waals surface area contributed by atoms with Gasteiger partial charge in [0, 0.05) is 18.3 Å². The quantitative estimate of drug-likeness (QED) is 0.603. The highest BCUT2D eigenvalue weighted by Crippen LogP contribution is 2.23. The number of benzene rings is 3. The zero-order valence-electron chi connectivity index (χ0n) is 14.4. The molecule has 3 N–H and O–H groups in total. The highest BCUT2D eigenvalue weighted by Gasteiger charge is 2.10. The summed E-state index contributed by atoms with van der Waals surface area (Å²) in [6.45, 7) is -0.00231. The molecule has 3 rings (SSSR count). The minimum absolute atomic E-state index is 0.00231. The second-order valence-corrected chi connectivity index (χ2v) is 5.85. The monoisotopic (exact) mass is 366 g/mol. The van der Waals surface area contributed by atoms with Crippen molar-refractivity contribution >= 4 is 11.7 Å². The summed E-state index contributed by atoms with van der Waals surface area (Å²) in [4.78, 5) is 12.0. The molecular weight excluding hydrogens is 347 g/mol. The van der Waals surface area contributed by atoms with E-state index >= 15 is 0 Å². The van der Waals surface area contributed by atoms with Gasteiger partial charge in [-0.15, -0.1) is 0 Å². The number of aliphatic hydroxyl groups excluding tert-OH is 1. The highest BCUT2D eigenvalue weighted by molar-refractivity contribution is 5.89. The first kappa shape index (κ1) is 18.4. The number of urea groups is 1. The van der Waals surface area contributed by atoms with Crippen LogP contribution in [0.4, 0.5) is 14.9 Å². The van der Waals surface area contributed by atoms with Crippen LogP contribution in [-0.4, -0.2) is 17.7 Å². The van der Waals surface area contributed by atoms with Crippen LogP contribution in [-0.2, 0) is 0 Å². The molecule has 138 valence electrons. The number of para-hydroxylation sites is 1. The zero-order chi connectivity index (χ0) is 19.1. The van der Waals surface area contributed by atoms with Crippen molar-refractivity contribution in [2.24, 2.45) is 0 Å².